The minimum absolute atomic E-state index is 0.341. The van der Waals surface area contributed by atoms with E-state index in [1.165, 1.54) is 0 Å². The molecule has 0 radical (unpaired) electrons. The Kier molecular flexibility index (Phi) is 3.62. The lowest BCUT2D eigenvalue weighted by Crippen LogP contribution is -2.11. The van der Waals surface area contributed by atoms with Crippen LogP contribution in [0.2, 0.25) is 0 Å². The third-order valence-electron chi connectivity index (χ3n) is 2.64. The summed E-state index contributed by atoms with van der Waals surface area (Å²) in [5.74, 6) is 0.698. The lowest BCUT2D eigenvalue weighted by molar-refractivity contribution is 0.413. The quantitative estimate of drug-likeness (QED) is 0.854. The largest absolute Gasteiger partial charge is 0.496 e. The third-order valence-corrected chi connectivity index (χ3v) is 2.86. The lowest BCUT2D eigenvalue weighted by Gasteiger charge is -2.09. The van der Waals surface area contributed by atoms with Crippen molar-refractivity contribution in [2.75, 3.05) is 7.11 Å². The van der Waals surface area contributed by atoms with Gasteiger partial charge < -0.3 is 10.5 Å². The van der Waals surface area contributed by atoms with E-state index in [0.29, 0.717) is 17.3 Å². The Morgan fingerprint density at radius 1 is 1.50 bits per heavy atom. The van der Waals surface area contributed by atoms with Crippen LogP contribution in [0, 0.1) is 6.92 Å². The molecule has 2 aromatic rings. The van der Waals surface area contributed by atoms with Gasteiger partial charge in [-0.2, -0.15) is 5.10 Å². The summed E-state index contributed by atoms with van der Waals surface area (Å²) in [7, 11) is 1.61. The molecular weight excluding hydrogens is 246 g/mol. The van der Waals surface area contributed by atoms with E-state index in [9.17, 15) is 0 Å². The lowest BCUT2D eigenvalue weighted by atomic mass is 10.1. The van der Waals surface area contributed by atoms with E-state index in [-0.39, 0.29) is 0 Å². The first kappa shape index (κ1) is 12.6. The topological polar surface area (TPSA) is 53.1 Å². The van der Waals surface area contributed by atoms with Crippen LogP contribution < -0.4 is 10.5 Å². The van der Waals surface area contributed by atoms with Gasteiger partial charge in [0.15, 0.2) is 0 Å². The highest BCUT2D eigenvalue weighted by Gasteiger charge is 2.07. The average Bonchev–Trinajstić information content (AvgIpc) is 2.74. The maximum atomic E-state index is 5.63. The number of nitrogens with two attached hydrogens (primary N) is 1. The molecule has 1 aromatic heterocycles. The molecular formula is C13H15N3OS. The molecule has 0 aliphatic carbocycles. The molecule has 0 unspecified atom stereocenters. The second kappa shape index (κ2) is 5.18. The van der Waals surface area contributed by atoms with Gasteiger partial charge in [0.1, 0.15) is 10.7 Å². The van der Waals surface area contributed by atoms with Crippen LogP contribution in [0.3, 0.4) is 0 Å². The van der Waals surface area contributed by atoms with E-state index in [1.807, 2.05) is 42.2 Å². The van der Waals surface area contributed by atoms with Crippen molar-refractivity contribution in [1.82, 2.24) is 9.78 Å². The fourth-order valence-electron chi connectivity index (χ4n) is 1.78. The van der Waals surface area contributed by atoms with Gasteiger partial charge >= 0.3 is 0 Å². The number of hydrogen-bond acceptors (Lipinski definition) is 3. The highest BCUT2D eigenvalue weighted by molar-refractivity contribution is 7.80. The maximum absolute atomic E-state index is 5.63. The zero-order valence-electron chi connectivity index (χ0n) is 10.4. The zero-order valence-corrected chi connectivity index (χ0v) is 11.2. The summed E-state index contributed by atoms with van der Waals surface area (Å²) in [4.78, 5) is 0.341. The number of nitrogens with zero attached hydrogens (tertiary/aromatic N) is 2. The summed E-state index contributed by atoms with van der Waals surface area (Å²) in [5.41, 5.74) is 8.62. The molecule has 0 spiro atoms. The molecule has 0 aliphatic rings. The van der Waals surface area contributed by atoms with E-state index >= 15 is 0 Å². The average molecular weight is 261 g/mol. The number of benzene rings is 1. The molecule has 1 aromatic carbocycles. The molecule has 2 rings (SSSR count). The van der Waals surface area contributed by atoms with E-state index < -0.39 is 0 Å². The predicted molar refractivity (Wildman–Crippen MR) is 74.9 cm³/mol. The summed E-state index contributed by atoms with van der Waals surface area (Å²) in [6.45, 7) is 2.71. The minimum Gasteiger partial charge on any atom is -0.496 e. The molecule has 0 amide bonds. The fourth-order valence-corrected chi connectivity index (χ4v) is 1.95. The van der Waals surface area contributed by atoms with Gasteiger partial charge in [0.05, 0.1) is 25.4 Å². The Labute approximate surface area is 111 Å². The predicted octanol–water partition coefficient (Wildman–Crippen LogP) is 1.88. The van der Waals surface area contributed by atoms with Crippen molar-refractivity contribution in [2.24, 2.45) is 5.73 Å². The molecule has 18 heavy (non-hydrogen) atoms. The Balaban J connectivity index is 2.27. The van der Waals surface area contributed by atoms with Crippen LogP contribution in [0.15, 0.2) is 30.6 Å². The first-order chi connectivity index (χ1) is 8.60. The Hall–Kier alpha value is -1.88. The first-order valence-corrected chi connectivity index (χ1v) is 5.96. The number of ether oxygens (including phenoxy) is 1. The van der Waals surface area contributed by atoms with E-state index in [0.717, 1.165) is 16.7 Å². The summed E-state index contributed by atoms with van der Waals surface area (Å²) < 4.78 is 7.17. The molecule has 0 saturated heterocycles. The highest BCUT2D eigenvalue weighted by atomic mass is 32.1. The van der Waals surface area contributed by atoms with Gasteiger partial charge in [-0.1, -0.05) is 18.3 Å². The first-order valence-electron chi connectivity index (χ1n) is 5.56. The van der Waals surface area contributed by atoms with Crippen molar-refractivity contribution in [1.29, 1.82) is 0 Å². The van der Waals surface area contributed by atoms with Gasteiger partial charge in [-0.3, -0.25) is 4.68 Å². The Bertz CT molecular complexity index is 577. The molecule has 0 fully saturated rings. The summed E-state index contributed by atoms with van der Waals surface area (Å²) >= 11 is 4.97. The van der Waals surface area contributed by atoms with E-state index in [2.05, 4.69) is 5.10 Å². The summed E-state index contributed by atoms with van der Waals surface area (Å²) in [6.07, 6.45) is 3.83. The van der Waals surface area contributed by atoms with Crippen LogP contribution in [0.25, 0.3) is 0 Å². The van der Waals surface area contributed by atoms with Gasteiger partial charge in [0.2, 0.25) is 0 Å². The second-order valence-corrected chi connectivity index (χ2v) is 4.55. The molecule has 0 bridgehead atoms. The number of rotatable bonds is 4. The Morgan fingerprint density at radius 3 is 2.83 bits per heavy atom. The van der Waals surface area contributed by atoms with E-state index in [1.54, 1.807) is 7.11 Å². The van der Waals surface area contributed by atoms with Crippen LogP contribution in [0.1, 0.15) is 16.7 Å². The van der Waals surface area contributed by atoms with Crippen molar-refractivity contribution in [3.8, 4) is 5.75 Å². The van der Waals surface area contributed by atoms with Crippen molar-refractivity contribution in [3.63, 3.8) is 0 Å². The van der Waals surface area contributed by atoms with E-state index in [4.69, 9.17) is 22.7 Å². The number of thiocarbonyl (C=S) groups is 1. The van der Waals surface area contributed by atoms with Crippen LogP contribution >= 0.6 is 12.2 Å². The van der Waals surface area contributed by atoms with Gasteiger partial charge in [0.25, 0.3) is 0 Å². The monoisotopic (exact) mass is 261 g/mol. The van der Waals surface area contributed by atoms with Crippen LogP contribution in [-0.2, 0) is 6.54 Å². The second-order valence-electron chi connectivity index (χ2n) is 4.11. The molecule has 2 N–H and O–H groups in total. The number of methoxy groups -OCH3 is 1. The smallest absolute Gasteiger partial charge is 0.129 e. The third kappa shape index (κ3) is 2.68. The van der Waals surface area contributed by atoms with Crippen molar-refractivity contribution >= 4 is 17.2 Å². The molecule has 4 nitrogen and oxygen atoms in total. The van der Waals surface area contributed by atoms with Crippen molar-refractivity contribution in [3.05, 3.63) is 47.3 Å². The highest BCUT2D eigenvalue weighted by Crippen LogP contribution is 2.20. The van der Waals surface area contributed by atoms with Gasteiger partial charge in [-0.15, -0.1) is 0 Å². The number of aromatic nitrogens is 2. The number of hydrogen-bond donors (Lipinski definition) is 1. The van der Waals surface area contributed by atoms with Crippen LogP contribution in [-0.4, -0.2) is 21.9 Å². The molecule has 94 valence electrons. The number of aryl methyl sites for hydroxylation is 1. The van der Waals surface area contributed by atoms with Crippen LogP contribution in [0.5, 0.6) is 5.75 Å². The molecule has 5 heteroatoms. The molecule has 0 aliphatic heterocycles. The molecule has 0 atom stereocenters. The van der Waals surface area contributed by atoms with Gasteiger partial charge in [-0.05, 0) is 30.2 Å². The normalized spacial score (nSPS) is 10.3. The summed E-state index contributed by atoms with van der Waals surface area (Å²) in [6, 6.07) is 5.80. The van der Waals surface area contributed by atoms with Gasteiger partial charge in [-0.25, -0.2) is 0 Å². The molecule has 0 saturated carbocycles. The Morgan fingerprint density at radius 2 is 2.28 bits per heavy atom. The SMILES string of the molecule is COc1cc(Cn2cc(C)cn2)ccc1C(N)=S. The molecule has 1 heterocycles. The van der Waals surface area contributed by atoms with Crippen LogP contribution in [0.4, 0.5) is 0 Å². The zero-order chi connectivity index (χ0) is 13.1. The maximum Gasteiger partial charge on any atom is 0.129 e. The fraction of sp³-hybridized carbons (Fsp3) is 0.231. The van der Waals surface area contributed by atoms with Gasteiger partial charge in [0, 0.05) is 6.20 Å². The van der Waals surface area contributed by atoms with Crippen molar-refractivity contribution < 1.29 is 4.74 Å². The summed E-state index contributed by atoms with van der Waals surface area (Å²) in [5, 5.41) is 4.25. The standard InChI is InChI=1S/C13H15N3OS/c1-9-6-15-16(7-9)8-10-3-4-11(13(14)18)12(5-10)17-2/h3-7H,8H2,1-2H3,(H2,14,18). The minimum atomic E-state index is 0.341. The van der Waals surface area contributed by atoms with Crippen molar-refractivity contribution in [2.45, 2.75) is 13.5 Å².